The molecule has 0 bridgehead atoms. The summed E-state index contributed by atoms with van der Waals surface area (Å²) in [5.74, 6) is -0.746. The van der Waals surface area contributed by atoms with E-state index >= 15 is 0 Å². The van der Waals surface area contributed by atoms with Crippen LogP contribution in [0.2, 0.25) is 5.02 Å². The van der Waals surface area contributed by atoms with Gasteiger partial charge in [-0.3, -0.25) is 4.79 Å². The zero-order valence-electron chi connectivity index (χ0n) is 12.1. The van der Waals surface area contributed by atoms with Crippen LogP contribution >= 0.6 is 22.9 Å². The van der Waals surface area contributed by atoms with Crippen molar-refractivity contribution in [3.63, 3.8) is 0 Å². The van der Waals surface area contributed by atoms with Crippen LogP contribution in [-0.2, 0) is 0 Å². The monoisotopic (exact) mass is 346 g/mol. The molecule has 0 unspecified atom stereocenters. The number of amides is 1. The second-order valence-electron chi connectivity index (χ2n) is 5.00. The number of carbonyl (C=O) groups excluding carboxylic acids is 1. The predicted octanol–water partition coefficient (Wildman–Crippen LogP) is 4.77. The lowest BCUT2D eigenvalue weighted by Crippen LogP contribution is -2.16. The molecule has 0 saturated heterocycles. The maximum absolute atomic E-state index is 13.1. The van der Waals surface area contributed by atoms with Crippen LogP contribution in [0, 0.1) is 12.7 Å². The maximum Gasteiger partial charge on any atom is 0.283 e. The molecule has 116 valence electrons. The van der Waals surface area contributed by atoms with Gasteiger partial charge in [0.2, 0.25) is 0 Å². The summed E-state index contributed by atoms with van der Waals surface area (Å²) >= 11 is 7.59. The molecule has 23 heavy (non-hydrogen) atoms. The van der Waals surface area contributed by atoms with Gasteiger partial charge in [-0.25, -0.2) is 9.82 Å². The Balaban J connectivity index is 1.79. The van der Waals surface area contributed by atoms with Gasteiger partial charge in [0.15, 0.2) is 0 Å². The third-order valence-electron chi connectivity index (χ3n) is 3.22. The second-order valence-corrected chi connectivity index (χ2v) is 6.43. The van der Waals surface area contributed by atoms with Gasteiger partial charge in [-0.15, -0.1) is 11.3 Å². The minimum Gasteiger partial charge on any atom is -0.266 e. The van der Waals surface area contributed by atoms with Crippen molar-refractivity contribution in [2.75, 3.05) is 0 Å². The molecule has 0 atom stereocenters. The predicted molar refractivity (Wildman–Crippen MR) is 93.0 cm³/mol. The van der Waals surface area contributed by atoms with E-state index in [-0.39, 0.29) is 11.7 Å². The number of aryl methyl sites for hydroxylation is 1. The zero-order valence-corrected chi connectivity index (χ0v) is 13.7. The third-order valence-corrected chi connectivity index (χ3v) is 4.88. The highest BCUT2D eigenvalue weighted by atomic mass is 35.5. The first-order chi connectivity index (χ1) is 11.0. The average Bonchev–Trinajstić information content (AvgIpc) is 2.83. The highest BCUT2D eigenvalue weighted by molar-refractivity contribution is 7.21. The van der Waals surface area contributed by atoms with E-state index in [0.717, 1.165) is 15.6 Å². The average molecular weight is 347 g/mol. The highest BCUT2D eigenvalue weighted by Crippen LogP contribution is 2.35. The normalized spacial score (nSPS) is 11.3. The number of fused-ring (bicyclic) bond motifs is 1. The fourth-order valence-corrected chi connectivity index (χ4v) is 3.63. The minimum absolute atomic E-state index is 0.358. The molecular weight excluding hydrogens is 335 g/mol. The molecule has 1 heterocycles. The van der Waals surface area contributed by atoms with Gasteiger partial charge in [0.25, 0.3) is 5.91 Å². The molecular formula is C17H12ClFN2OS. The fourth-order valence-electron chi connectivity index (χ4n) is 2.12. The number of thiophene rings is 1. The Morgan fingerprint density at radius 3 is 2.91 bits per heavy atom. The standard InChI is InChI=1S/C17H12ClFN2OS/c1-10-5-6-13-14(7-10)23-16(15(13)18)17(22)21-20-9-11-3-2-4-12(19)8-11/h2-9H,1H3,(H,21,22). The fraction of sp³-hybridized carbons (Fsp3) is 0.0588. The van der Waals surface area contributed by atoms with E-state index in [1.807, 2.05) is 25.1 Å². The van der Waals surface area contributed by atoms with E-state index in [4.69, 9.17) is 11.6 Å². The number of nitrogens with one attached hydrogen (secondary N) is 1. The Morgan fingerprint density at radius 2 is 2.13 bits per heavy atom. The van der Waals surface area contributed by atoms with Crippen LogP contribution in [0.3, 0.4) is 0 Å². The van der Waals surface area contributed by atoms with Crippen LogP contribution in [0.25, 0.3) is 10.1 Å². The van der Waals surface area contributed by atoms with Gasteiger partial charge in [-0.2, -0.15) is 5.10 Å². The topological polar surface area (TPSA) is 41.5 Å². The van der Waals surface area contributed by atoms with Crippen LogP contribution in [0.15, 0.2) is 47.6 Å². The van der Waals surface area contributed by atoms with Crippen molar-refractivity contribution in [2.24, 2.45) is 5.10 Å². The number of halogens is 2. The van der Waals surface area contributed by atoms with E-state index in [1.54, 1.807) is 12.1 Å². The molecule has 0 fully saturated rings. The number of benzene rings is 2. The largest absolute Gasteiger partial charge is 0.283 e. The lowest BCUT2D eigenvalue weighted by atomic mass is 10.2. The van der Waals surface area contributed by atoms with Gasteiger partial charge in [-0.1, -0.05) is 35.9 Å². The van der Waals surface area contributed by atoms with Crippen LogP contribution in [0.1, 0.15) is 20.8 Å². The van der Waals surface area contributed by atoms with E-state index in [2.05, 4.69) is 10.5 Å². The Kier molecular flexibility index (Phi) is 4.41. The number of rotatable bonds is 3. The first kappa shape index (κ1) is 15.6. The molecule has 3 aromatic rings. The Labute approximate surface area is 141 Å². The molecule has 3 rings (SSSR count). The minimum atomic E-state index is -0.387. The van der Waals surface area contributed by atoms with Crippen molar-refractivity contribution in [3.05, 3.63) is 69.3 Å². The number of hydrazone groups is 1. The molecule has 0 spiro atoms. The smallest absolute Gasteiger partial charge is 0.266 e. The maximum atomic E-state index is 13.1. The molecule has 1 N–H and O–H groups in total. The van der Waals surface area contributed by atoms with E-state index in [0.29, 0.717) is 15.5 Å². The van der Waals surface area contributed by atoms with Crippen LogP contribution in [0.5, 0.6) is 0 Å². The van der Waals surface area contributed by atoms with Crippen molar-refractivity contribution in [3.8, 4) is 0 Å². The first-order valence-electron chi connectivity index (χ1n) is 6.82. The summed E-state index contributed by atoms with van der Waals surface area (Å²) in [5.41, 5.74) is 4.08. The number of hydrogen-bond acceptors (Lipinski definition) is 3. The van der Waals surface area contributed by atoms with E-state index in [1.165, 1.54) is 29.7 Å². The molecule has 0 aliphatic rings. The van der Waals surface area contributed by atoms with Crippen molar-refractivity contribution in [1.29, 1.82) is 0 Å². The molecule has 0 radical (unpaired) electrons. The molecule has 0 saturated carbocycles. The van der Waals surface area contributed by atoms with Crippen molar-refractivity contribution in [2.45, 2.75) is 6.92 Å². The van der Waals surface area contributed by atoms with Gasteiger partial charge in [0, 0.05) is 10.1 Å². The quantitative estimate of drug-likeness (QED) is 0.539. The molecule has 2 aromatic carbocycles. The molecule has 1 aromatic heterocycles. The summed E-state index contributed by atoms with van der Waals surface area (Å²) in [4.78, 5) is 12.6. The second kappa shape index (κ2) is 6.48. The lowest BCUT2D eigenvalue weighted by molar-refractivity contribution is 0.0959. The highest BCUT2D eigenvalue weighted by Gasteiger charge is 2.16. The molecule has 0 aliphatic carbocycles. The molecule has 6 heteroatoms. The summed E-state index contributed by atoms with van der Waals surface area (Å²) in [7, 11) is 0. The van der Waals surface area contributed by atoms with Crippen molar-refractivity contribution in [1.82, 2.24) is 5.43 Å². The number of nitrogens with zero attached hydrogens (tertiary/aromatic N) is 1. The van der Waals surface area contributed by atoms with Gasteiger partial charge in [0.1, 0.15) is 10.7 Å². The van der Waals surface area contributed by atoms with Gasteiger partial charge in [0.05, 0.1) is 11.2 Å². The summed E-state index contributed by atoms with van der Waals surface area (Å²) < 4.78 is 14.0. The van der Waals surface area contributed by atoms with Crippen LogP contribution in [-0.4, -0.2) is 12.1 Å². The molecule has 0 aliphatic heterocycles. The number of hydrogen-bond donors (Lipinski definition) is 1. The van der Waals surface area contributed by atoms with Crippen molar-refractivity contribution < 1.29 is 9.18 Å². The van der Waals surface area contributed by atoms with Crippen molar-refractivity contribution >= 4 is 45.1 Å². The zero-order chi connectivity index (χ0) is 16.4. The summed E-state index contributed by atoms with van der Waals surface area (Å²) in [6, 6.07) is 11.8. The van der Waals surface area contributed by atoms with Crippen LogP contribution < -0.4 is 5.43 Å². The summed E-state index contributed by atoms with van der Waals surface area (Å²) in [6.45, 7) is 1.98. The van der Waals surface area contributed by atoms with Crippen LogP contribution in [0.4, 0.5) is 4.39 Å². The first-order valence-corrected chi connectivity index (χ1v) is 8.01. The SMILES string of the molecule is Cc1ccc2c(Cl)c(C(=O)NN=Cc3cccc(F)c3)sc2c1. The van der Waals surface area contributed by atoms with E-state index < -0.39 is 0 Å². The lowest BCUT2D eigenvalue weighted by Gasteiger charge is -1.97. The van der Waals surface area contributed by atoms with Gasteiger partial charge in [-0.05, 0) is 36.2 Å². The van der Waals surface area contributed by atoms with E-state index in [9.17, 15) is 9.18 Å². The Morgan fingerprint density at radius 1 is 1.30 bits per heavy atom. The Hall–Kier alpha value is -2.24. The summed E-state index contributed by atoms with van der Waals surface area (Å²) in [6.07, 6.45) is 1.38. The summed E-state index contributed by atoms with van der Waals surface area (Å²) in [5, 5.41) is 5.11. The van der Waals surface area contributed by atoms with Gasteiger partial charge < -0.3 is 0 Å². The van der Waals surface area contributed by atoms with Gasteiger partial charge >= 0.3 is 0 Å². The Bertz CT molecular complexity index is 920. The molecule has 3 nitrogen and oxygen atoms in total. The molecule has 1 amide bonds. The third kappa shape index (κ3) is 3.41. The number of carbonyl (C=O) groups is 1.